The molecule has 2 fully saturated rings. The van der Waals surface area contributed by atoms with Crippen molar-refractivity contribution in [3.63, 3.8) is 0 Å². The summed E-state index contributed by atoms with van der Waals surface area (Å²) in [6, 6.07) is 4.28. The first-order valence-corrected chi connectivity index (χ1v) is 9.94. The van der Waals surface area contributed by atoms with Crippen molar-refractivity contribution in [2.24, 2.45) is 0 Å². The number of likely N-dealkylation sites (N-methyl/N-ethyl adjacent to an activating group) is 1. The molecule has 0 saturated carbocycles. The lowest BCUT2D eigenvalue weighted by molar-refractivity contribution is -0.192. The molecule has 7 nitrogen and oxygen atoms in total. The van der Waals surface area contributed by atoms with Gasteiger partial charge in [0.15, 0.2) is 0 Å². The maximum absolute atomic E-state index is 12.5. The number of carboxylic acids is 1. The molecule has 2 amide bonds. The lowest BCUT2D eigenvalue weighted by Gasteiger charge is -2.26. The number of alkyl halides is 3. The maximum Gasteiger partial charge on any atom is 0.490 e. The Morgan fingerprint density at radius 2 is 1.97 bits per heavy atom. The monoisotopic (exact) mass is 435 g/mol. The van der Waals surface area contributed by atoms with Crippen LogP contribution in [0.2, 0.25) is 0 Å². The number of hydrogen-bond donors (Lipinski definition) is 1. The molecule has 11 heteroatoms. The number of likely N-dealkylation sites (tertiary alicyclic amines) is 2. The number of nitrogens with zero attached hydrogens (tertiary/aromatic N) is 3. The van der Waals surface area contributed by atoms with Gasteiger partial charge in [-0.25, -0.2) is 4.79 Å². The first-order chi connectivity index (χ1) is 13.5. The minimum absolute atomic E-state index is 0.0853. The van der Waals surface area contributed by atoms with Gasteiger partial charge in [-0.3, -0.25) is 9.59 Å². The second-order valence-corrected chi connectivity index (χ2v) is 8.20. The molecular formula is C18H24F3N3O4S. The first-order valence-electron chi connectivity index (χ1n) is 9.07. The molecule has 2 atom stereocenters. The fourth-order valence-electron chi connectivity index (χ4n) is 3.50. The summed E-state index contributed by atoms with van der Waals surface area (Å²) in [6.07, 6.45) is -3.21. The van der Waals surface area contributed by atoms with Crippen molar-refractivity contribution >= 4 is 29.1 Å². The molecule has 0 spiro atoms. The Kier molecular flexibility index (Phi) is 7.64. The Morgan fingerprint density at radius 3 is 2.48 bits per heavy atom. The molecule has 0 aromatic carbocycles. The molecule has 0 bridgehead atoms. The highest BCUT2D eigenvalue weighted by Crippen LogP contribution is 2.32. The minimum Gasteiger partial charge on any atom is -0.475 e. The Hall–Kier alpha value is -2.14. The zero-order chi connectivity index (χ0) is 21.8. The number of rotatable bonds is 5. The number of carbonyl (C=O) groups is 3. The zero-order valence-corrected chi connectivity index (χ0v) is 17.0. The number of carbonyl (C=O) groups excluding carboxylic acids is 2. The van der Waals surface area contributed by atoms with Crippen LogP contribution in [0.5, 0.6) is 0 Å². The molecule has 1 aromatic rings. The quantitative estimate of drug-likeness (QED) is 0.761. The van der Waals surface area contributed by atoms with Crippen LogP contribution >= 0.6 is 11.3 Å². The van der Waals surface area contributed by atoms with Crippen LogP contribution in [0, 0.1) is 0 Å². The fraction of sp³-hybridized carbons (Fsp3) is 0.611. The van der Waals surface area contributed by atoms with E-state index in [-0.39, 0.29) is 23.9 Å². The predicted molar refractivity (Wildman–Crippen MR) is 101 cm³/mol. The second kappa shape index (κ2) is 9.57. The molecule has 3 heterocycles. The Bertz CT molecular complexity index is 724. The normalized spacial score (nSPS) is 21.2. The number of fused-ring (bicyclic) bond motifs is 1. The van der Waals surface area contributed by atoms with Crippen molar-refractivity contribution < 1.29 is 32.7 Å². The van der Waals surface area contributed by atoms with Crippen molar-refractivity contribution in [3.8, 4) is 0 Å². The van der Waals surface area contributed by atoms with E-state index in [0.29, 0.717) is 12.8 Å². The van der Waals surface area contributed by atoms with E-state index in [1.54, 1.807) is 11.3 Å². The summed E-state index contributed by atoms with van der Waals surface area (Å²) < 4.78 is 31.7. The van der Waals surface area contributed by atoms with Gasteiger partial charge in [0.1, 0.15) is 0 Å². The molecule has 1 aromatic heterocycles. The van der Waals surface area contributed by atoms with Gasteiger partial charge in [-0.1, -0.05) is 6.07 Å². The second-order valence-electron chi connectivity index (χ2n) is 7.16. The van der Waals surface area contributed by atoms with Crippen molar-refractivity contribution in [1.29, 1.82) is 0 Å². The van der Waals surface area contributed by atoms with Crippen molar-refractivity contribution in [2.75, 3.05) is 33.7 Å². The van der Waals surface area contributed by atoms with E-state index in [4.69, 9.17) is 9.90 Å². The predicted octanol–water partition coefficient (Wildman–Crippen LogP) is 1.69. The molecule has 2 aliphatic heterocycles. The van der Waals surface area contributed by atoms with Crippen molar-refractivity contribution in [2.45, 2.75) is 37.5 Å². The lowest BCUT2D eigenvalue weighted by Crippen LogP contribution is -2.42. The van der Waals surface area contributed by atoms with E-state index in [9.17, 15) is 22.8 Å². The summed E-state index contributed by atoms with van der Waals surface area (Å²) in [5.74, 6) is -2.39. The van der Waals surface area contributed by atoms with Gasteiger partial charge in [-0.05, 0) is 32.0 Å². The van der Waals surface area contributed by atoms with Gasteiger partial charge in [-0.15, -0.1) is 11.3 Å². The highest BCUT2D eigenvalue weighted by Gasteiger charge is 2.47. The van der Waals surface area contributed by atoms with E-state index >= 15 is 0 Å². The Balaban J connectivity index is 0.000000370. The molecule has 0 radical (unpaired) electrons. The highest BCUT2D eigenvalue weighted by molar-refractivity contribution is 7.10. The van der Waals surface area contributed by atoms with Gasteiger partial charge in [0.05, 0.1) is 18.5 Å². The summed E-state index contributed by atoms with van der Waals surface area (Å²) in [6.45, 7) is 2.42. The van der Waals surface area contributed by atoms with E-state index in [1.165, 1.54) is 0 Å². The SMILES string of the molecule is CN(C)CCN1C(=O)C[C@@H]2[C@@H]1CCN2C(=O)Cc1cccs1.O=C(O)C(F)(F)F. The highest BCUT2D eigenvalue weighted by atomic mass is 32.1. The molecule has 0 unspecified atom stereocenters. The van der Waals surface area contributed by atoms with Gasteiger partial charge >= 0.3 is 12.1 Å². The molecule has 3 rings (SSSR count). The van der Waals surface area contributed by atoms with E-state index in [2.05, 4.69) is 4.90 Å². The standard InChI is InChI=1S/C16H23N3O2S.C2HF3O2/c1-17(2)7-8-19-13-5-6-18(14(13)11-16(19)21)15(20)10-12-4-3-9-22-12;3-2(4,5)1(6)7/h3-4,9,13-14H,5-8,10-11H2,1-2H3;(H,6,7)/t13-,14+;/m0./s1. The fourth-order valence-corrected chi connectivity index (χ4v) is 4.20. The minimum atomic E-state index is -5.08. The number of amides is 2. The van der Waals surface area contributed by atoms with Crippen LogP contribution in [0.15, 0.2) is 17.5 Å². The molecular weight excluding hydrogens is 411 g/mol. The van der Waals surface area contributed by atoms with Crippen molar-refractivity contribution in [1.82, 2.24) is 14.7 Å². The number of carboxylic acid groups (broad SMARTS) is 1. The molecule has 29 heavy (non-hydrogen) atoms. The lowest BCUT2D eigenvalue weighted by atomic mass is 10.1. The van der Waals surface area contributed by atoms with Crippen LogP contribution < -0.4 is 0 Å². The van der Waals surface area contributed by atoms with Crippen LogP contribution in [-0.2, 0) is 20.8 Å². The average molecular weight is 435 g/mol. The number of halogens is 3. The smallest absolute Gasteiger partial charge is 0.475 e. The first kappa shape index (κ1) is 23.1. The summed E-state index contributed by atoms with van der Waals surface area (Å²) in [4.78, 5) is 40.8. The van der Waals surface area contributed by atoms with E-state index in [0.717, 1.165) is 30.9 Å². The molecule has 2 aliphatic rings. The average Bonchev–Trinajstić information content (AvgIpc) is 3.30. The summed E-state index contributed by atoms with van der Waals surface area (Å²) in [7, 11) is 4.03. The summed E-state index contributed by atoms with van der Waals surface area (Å²) in [5, 5.41) is 9.12. The van der Waals surface area contributed by atoms with Crippen LogP contribution in [0.25, 0.3) is 0 Å². The summed E-state index contributed by atoms with van der Waals surface area (Å²) in [5.41, 5.74) is 0. The topological polar surface area (TPSA) is 81.2 Å². The number of aliphatic carboxylic acids is 1. The number of thiophene rings is 1. The number of hydrogen-bond acceptors (Lipinski definition) is 5. The van der Waals surface area contributed by atoms with Crippen LogP contribution in [-0.4, -0.2) is 89.6 Å². The largest absolute Gasteiger partial charge is 0.490 e. The molecule has 2 saturated heterocycles. The zero-order valence-electron chi connectivity index (χ0n) is 16.2. The van der Waals surface area contributed by atoms with E-state index < -0.39 is 12.1 Å². The van der Waals surface area contributed by atoms with Crippen molar-refractivity contribution in [3.05, 3.63) is 22.4 Å². The van der Waals surface area contributed by atoms with Crippen LogP contribution in [0.3, 0.4) is 0 Å². The van der Waals surface area contributed by atoms with Gasteiger partial charge in [0, 0.05) is 30.9 Å². The third kappa shape index (κ3) is 6.17. The van der Waals surface area contributed by atoms with Crippen LogP contribution in [0.1, 0.15) is 17.7 Å². The van der Waals surface area contributed by atoms with E-state index in [1.807, 2.05) is 41.4 Å². The Morgan fingerprint density at radius 1 is 1.31 bits per heavy atom. The van der Waals surface area contributed by atoms with Gasteiger partial charge < -0.3 is 19.8 Å². The third-order valence-electron chi connectivity index (χ3n) is 4.87. The van der Waals surface area contributed by atoms with Gasteiger partial charge in [0.2, 0.25) is 11.8 Å². The van der Waals surface area contributed by atoms with Gasteiger partial charge in [0.25, 0.3) is 0 Å². The van der Waals surface area contributed by atoms with Crippen LogP contribution in [0.4, 0.5) is 13.2 Å². The van der Waals surface area contributed by atoms with Gasteiger partial charge in [-0.2, -0.15) is 13.2 Å². The molecule has 1 N–H and O–H groups in total. The third-order valence-corrected chi connectivity index (χ3v) is 5.75. The Labute approximate surface area is 170 Å². The molecule has 162 valence electrons. The molecule has 0 aliphatic carbocycles. The summed E-state index contributed by atoms with van der Waals surface area (Å²) >= 11 is 1.62. The maximum atomic E-state index is 12.5.